The molecule has 0 unspecified atom stereocenters. The van der Waals surface area contributed by atoms with Gasteiger partial charge in [-0.25, -0.2) is 0 Å². The fourth-order valence-corrected chi connectivity index (χ4v) is 2.38. The van der Waals surface area contributed by atoms with Crippen molar-refractivity contribution in [3.05, 3.63) is 53.1 Å². The molecule has 0 saturated heterocycles. The summed E-state index contributed by atoms with van der Waals surface area (Å²) >= 11 is 5.84. The first kappa shape index (κ1) is 15.5. The summed E-state index contributed by atoms with van der Waals surface area (Å²) in [5.74, 6) is 1.36. The normalized spacial score (nSPS) is 13.5. The SMILES string of the molecule is C[C@@H](Nc1ccc(Cl)cc1)C(=O)NCc1ccc2c(c1)OCO2. The maximum atomic E-state index is 12.2. The molecule has 2 N–H and O–H groups in total. The lowest BCUT2D eigenvalue weighted by Gasteiger charge is -2.15. The van der Waals surface area contributed by atoms with Crippen molar-refractivity contribution in [2.75, 3.05) is 12.1 Å². The van der Waals surface area contributed by atoms with Crippen LogP contribution in [0.5, 0.6) is 11.5 Å². The summed E-state index contributed by atoms with van der Waals surface area (Å²) in [6.07, 6.45) is 0. The molecule has 0 saturated carbocycles. The molecule has 5 nitrogen and oxygen atoms in total. The van der Waals surface area contributed by atoms with Crippen LogP contribution in [0.4, 0.5) is 5.69 Å². The van der Waals surface area contributed by atoms with E-state index >= 15 is 0 Å². The van der Waals surface area contributed by atoms with E-state index in [4.69, 9.17) is 21.1 Å². The number of amides is 1. The molecule has 23 heavy (non-hydrogen) atoms. The number of hydrogen-bond acceptors (Lipinski definition) is 4. The first-order valence-electron chi connectivity index (χ1n) is 7.30. The van der Waals surface area contributed by atoms with E-state index in [0.717, 1.165) is 17.0 Å². The van der Waals surface area contributed by atoms with E-state index in [1.54, 1.807) is 12.1 Å². The van der Waals surface area contributed by atoms with Crippen molar-refractivity contribution in [2.24, 2.45) is 0 Å². The van der Waals surface area contributed by atoms with Gasteiger partial charge in [-0.2, -0.15) is 0 Å². The second-order valence-corrected chi connectivity index (χ2v) is 5.71. The quantitative estimate of drug-likeness (QED) is 0.883. The van der Waals surface area contributed by atoms with E-state index in [-0.39, 0.29) is 18.7 Å². The van der Waals surface area contributed by atoms with E-state index < -0.39 is 0 Å². The first-order chi connectivity index (χ1) is 11.1. The lowest BCUT2D eigenvalue weighted by molar-refractivity contribution is -0.121. The number of rotatable bonds is 5. The Morgan fingerprint density at radius 2 is 1.91 bits per heavy atom. The van der Waals surface area contributed by atoms with Crippen LogP contribution in [0.15, 0.2) is 42.5 Å². The van der Waals surface area contributed by atoms with Crippen LogP contribution in [-0.4, -0.2) is 18.7 Å². The van der Waals surface area contributed by atoms with Gasteiger partial charge in [-0.15, -0.1) is 0 Å². The zero-order valence-electron chi connectivity index (χ0n) is 12.6. The number of halogens is 1. The zero-order chi connectivity index (χ0) is 16.2. The van der Waals surface area contributed by atoms with Crippen LogP contribution in [0.3, 0.4) is 0 Å². The lowest BCUT2D eigenvalue weighted by Crippen LogP contribution is -2.37. The molecule has 0 fully saturated rings. The highest BCUT2D eigenvalue weighted by molar-refractivity contribution is 6.30. The minimum absolute atomic E-state index is 0.0855. The highest BCUT2D eigenvalue weighted by Crippen LogP contribution is 2.32. The Labute approximate surface area is 139 Å². The summed E-state index contributed by atoms with van der Waals surface area (Å²) in [4.78, 5) is 12.2. The van der Waals surface area contributed by atoms with Crippen molar-refractivity contribution < 1.29 is 14.3 Å². The van der Waals surface area contributed by atoms with Crippen LogP contribution in [0.1, 0.15) is 12.5 Å². The molecule has 1 aliphatic rings. The molecular formula is C17H17ClN2O3. The zero-order valence-corrected chi connectivity index (χ0v) is 13.4. The molecule has 0 aliphatic carbocycles. The summed E-state index contributed by atoms with van der Waals surface area (Å²) in [6.45, 7) is 2.49. The third kappa shape index (κ3) is 3.87. The van der Waals surface area contributed by atoms with Gasteiger partial charge in [0, 0.05) is 17.3 Å². The van der Waals surface area contributed by atoms with E-state index in [0.29, 0.717) is 17.3 Å². The average molecular weight is 333 g/mol. The van der Waals surface area contributed by atoms with Crippen LogP contribution in [0, 0.1) is 0 Å². The van der Waals surface area contributed by atoms with Crippen molar-refractivity contribution in [1.29, 1.82) is 0 Å². The smallest absolute Gasteiger partial charge is 0.242 e. The maximum Gasteiger partial charge on any atom is 0.242 e. The molecule has 0 aromatic heterocycles. The van der Waals surface area contributed by atoms with E-state index in [2.05, 4.69) is 10.6 Å². The van der Waals surface area contributed by atoms with Crippen molar-refractivity contribution in [3.8, 4) is 11.5 Å². The molecule has 120 valence electrons. The summed E-state index contributed by atoms with van der Waals surface area (Å²) < 4.78 is 10.6. The number of carbonyl (C=O) groups excluding carboxylic acids is 1. The van der Waals surface area contributed by atoms with Crippen molar-refractivity contribution in [2.45, 2.75) is 19.5 Å². The van der Waals surface area contributed by atoms with Gasteiger partial charge in [-0.3, -0.25) is 4.79 Å². The second kappa shape index (κ2) is 6.79. The molecule has 1 heterocycles. The highest BCUT2D eigenvalue weighted by atomic mass is 35.5. The van der Waals surface area contributed by atoms with Crippen molar-refractivity contribution in [1.82, 2.24) is 5.32 Å². The average Bonchev–Trinajstić information content (AvgIpc) is 3.02. The minimum atomic E-state index is -0.356. The number of fused-ring (bicyclic) bond motifs is 1. The molecule has 0 spiro atoms. The standard InChI is InChI=1S/C17H17ClN2O3/c1-11(20-14-5-3-13(18)4-6-14)17(21)19-9-12-2-7-15-16(8-12)23-10-22-15/h2-8,11,20H,9-10H2,1H3,(H,19,21)/t11-/m1/s1. The van der Waals surface area contributed by atoms with Gasteiger partial charge < -0.3 is 20.1 Å². The van der Waals surface area contributed by atoms with Gasteiger partial charge in [0.25, 0.3) is 0 Å². The molecule has 1 atom stereocenters. The maximum absolute atomic E-state index is 12.2. The van der Waals surface area contributed by atoms with Gasteiger partial charge >= 0.3 is 0 Å². The van der Waals surface area contributed by atoms with E-state index in [1.807, 2.05) is 37.3 Å². The number of ether oxygens (including phenoxy) is 2. The Morgan fingerprint density at radius 1 is 1.17 bits per heavy atom. The largest absolute Gasteiger partial charge is 0.454 e. The molecule has 6 heteroatoms. The first-order valence-corrected chi connectivity index (χ1v) is 7.68. The molecule has 0 bridgehead atoms. The van der Waals surface area contributed by atoms with Gasteiger partial charge in [-0.1, -0.05) is 17.7 Å². The van der Waals surface area contributed by atoms with Gasteiger partial charge in [0.05, 0.1) is 0 Å². The van der Waals surface area contributed by atoms with E-state index in [1.165, 1.54) is 0 Å². The predicted molar refractivity (Wildman–Crippen MR) is 88.9 cm³/mol. The van der Waals surface area contributed by atoms with Gasteiger partial charge in [-0.05, 0) is 48.9 Å². The molecule has 0 radical (unpaired) electrons. The summed E-state index contributed by atoms with van der Waals surface area (Å²) in [6, 6.07) is 12.5. The number of hydrogen-bond donors (Lipinski definition) is 2. The Morgan fingerprint density at radius 3 is 2.70 bits per heavy atom. The third-order valence-electron chi connectivity index (χ3n) is 3.52. The number of nitrogens with one attached hydrogen (secondary N) is 2. The van der Waals surface area contributed by atoms with Crippen LogP contribution >= 0.6 is 11.6 Å². The summed E-state index contributed by atoms with van der Waals surface area (Å²) in [5, 5.41) is 6.69. The van der Waals surface area contributed by atoms with Gasteiger partial charge in [0.15, 0.2) is 11.5 Å². The van der Waals surface area contributed by atoms with Crippen LogP contribution in [-0.2, 0) is 11.3 Å². The molecule has 3 rings (SSSR count). The number of benzene rings is 2. The lowest BCUT2D eigenvalue weighted by atomic mass is 10.2. The van der Waals surface area contributed by atoms with Gasteiger partial charge in [0.2, 0.25) is 12.7 Å². The Kier molecular flexibility index (Phi) is 4.57. The predicted octanol–water partition coefficient (Wildman–Crippen LogP) is 3.19. The fourth-order valence-electron chi connectivity index (χ4n) is 2.25. The van der Waals surface area contributed by atoms with E-state index in [9.17, 15) is 4.79 Å². The van der Waals surface area contributed by atoms with Crippen molar-refractivity contribution >= 4 is 23.2 Å². The Balaban J connectivity index is 1.53. The summed E-state index contributed by atoms with van der Waals surface area (Å²) in [7, 11) is 0. The third-order valence-corrected chi connectivity index (χ3v) is 3.78. The molecule has 2 aromatic carbocycles. The molecule has 1 aliphatic heterocycles. The van der Waals surface area contributed by atoms with Crippen LogP contribution in [0.2, 0.25) is 5.02 Å². The monoisotopic (exact) mass is 332 g/mol. The van der Waals surface area contributed by atoms with Crippen LogP contribution < -0.4 is 20.1 Å². The second-order valence-electron chi connectivity index (χ2n) is 5.28. The topological polar surface area (TPSA) is 59.6 Å². The number of anilines is 1. The van der Waals surface area contributed by atoms with Crippen molar-refractivity contribution in [3.63, 3.8) is 0 Å². The van der Waals surface area contributed by atoms with Crippen LogP contribution in [0.25, 0.3) is 0 Å². The fraction of sp³-hybridized carbons (Fsp3) is 0.235. The molecular weight excluding hydrogens is 316 g/mol. The number of carbonyl (C=O) groups is 1. The molecule has 1 amide bonds. The highest BCUT2D eigenvalue weighted by Gasteiger charge is 2.15. The molecule has 2 aromatic rings. The Hall–Kier alpha value is -2.40. The minimum Gasteiger partial charge on any atom is -0.454 e. The Bertz CT molecular complexity index is 703. The summed E-state index contributed by atoms with van der Waals surface area (Å²) in [5.41, 5.74) is 1.81. The van der Waals surface area contributed by atoms with Gasteiger partial charge in [0.1, 0.15) is 6.04 Å².